The zero-order valence-corrected chi connectivity index (χ0v) is 10.1. The van der Waals surface area contributed by atoms with E-state index >= 15 is 0 Å². The Hall–Kier alpha value is -1.75. The summed E-state index contributed by atoms with van der Waals surface area (Å²) in [6.45, 7) is 2.40. The number of aromatic hydroxyl groups is 1. The number of amides is 1. The van der Waals surface area contributed by atoms with Gasteiger partial charge >= 0.3 is 0 Å². The standard InChI is InChI=1S/C12H18N2O3/c1-3-8(7-17-2)14-12(16)10-6-9(15)4-5-11(10)13/h4-6,8,15H,3,7,13H2,1-2H3,(H,14,16). The molecule has 0 heterocycles. The maximum absolute atomic E-state index is 11.9. The molecule has 0 saturated carbocycles. The Kier molecular flexibility index (Phi) is 4.78. The number of carbonyl (C=O) groups excluding carboxylic acids is 1. The van der Waals surface area contributed by atoms with E-state index in [1.54, 1.807) is 7.11 Å². The Morgan fingerprint density at radius 2 is 2.29 bits per heavy atom. The summed E-state index contributed by atoms with van der Waals surface area (Å²) >= 11 is 0. The van der Waals surface area contributed by atoms with Crippen LogP contribution in [-0.2, 0) is 4.74 Å². The number of nitrogens with one attached hydrogen (secondary N) is 1. The van der Waals surface area contributed by atoms with Crippen LogP contribution in [0.1, 0.15) is 23.7 Å². The second-order valence-corrected chi connectivity index (χ2v) is 3.81. The maximum Gasteiger partial charge on any atom is 0.253 e. The predicted octanol–water partition coefficient (Wildman–Crippen LogP) is 1.13. The van der Waals surface area contributed by atoms with Gasteiger partial charge in [-0.15, -0.1) is 0 Å². The monoisotopic (exact) mass is 238 g/mol. The molecule has 0 fully saturated rings. The number of nitrogen functional groups attached to an aromatic ring is 1. The van der Waals surface area contributed by atoms with Gasteiger partial charge in [-0.25, -0.2) is 0 Å². The molecule has 0 aliphatic heterocycles. The molecule has 1 aromatic carbocycles. The highest BCUT2D eigenvalue weighted by Gasteiger charge is 2.14. The van der Waals surface area contributed by atoms with Gasteiger partial charge in [-0.2, -0.15) is 0 Å². The molecule has 1 amide bonds. The molecular weight excluding hydrogens is 220 g/mol. The van der Waals surface area contributed by atoms with Crippen molar-refractivity contribution in [3.05, 3.63) is 23.8 Å². The number of phenolic OH excluding ortho intramolecular Hbond substituents is 1. The van der Waals surface area contributed by atoms with E-state index in [1.807, 2.05) is 6.92 Å². The van der Waals surface area contributed by atoms with Crippen molar-refractivity contribution in [2.24, 2.45) is 0 Å². The maximum atomic E-state index is 11.9. The first-order valence-corrected chi connectivity index (χ1v) is 5.46. The highest BCUT2D eigenvalue weighted by atomic mass is 16.5. The van der Waals surface area contributed by atoms with E-state index in [2.05, 4.69) is 5.32 Å². The van der Waals surface area contributed by atoms with Crippen molar-refractivity contribution >= 4 is 11.6 Å². The van der Waals surface area contributed by atoms with Crippen molar-refractivity contribution in [3.8, 4) is 5.75 Å². The normalized spacial score (nSPS) is 12.1. The average molecular weight is 238 g/mol. The van der Waals surface area contributed by atoms with Gasteiger partial charge in [-0.1, -0.05) is 6.92 Å². The average Bonchev–Trinajstić information content (AvgIpc) is 2.31. The van der Waals surface area contributed by atoms with E-state index in [9.17, 15) is 9.90 Å². The quantitative estimate of drug-likeness (QED) is 0.530. The fraction of sp³-hybridized carbons (Fsp3) is 0.417. The molecule has 0 spiro atoms. The smallest absolute Gasteiger partial charge is 0.253 e. The molecule has 1 rings (SSSR count). The predicted molar refractivity (Wildman–Crippen MR) is 65.9 cm³/mol. The van der Waals surface area contributed by atoms with Crippen LogP contribution in [0.5, 0.6) is 5.75 Å². The molecule has 1 aromatic rings. The Balaban J connectivity index is 2.78. The van der Waals surface area contributed by atoms with Gasteiger partial charge in [-0.05, 0) is 24.6 Å². The first kappa shape index (κ1) is 13.3. The fourth-order valence-corrected chi connectivity index (χ4v) is 1.47. The Morgan fingerprint density at radius 3 is 2.88 bits per heavy atom. The molecular formula is C12H18N2O3. The number of hydrogen-bond acceptors (Lipinski definition) is 4. The van der Waals surface area contributed by atoms with Crippen LogP contribution in [0.15, 0.2) is 18.2 Å². The lowest BCUT2D eigenvalue weighted by Crippen LogP contribution is -2.37. The van der Waals surface area contributed by atoms with Crippen LogP contribution in [0, 0.1) is 0 Å². The van der Waals surface area contributed by atoms with E-state index in [0.29, 0.717) is 12.3 Å². The molecule has 0 radical (unpaired) electrons. The lowest BCUT2D eigenvalue weighted by atomic mass is 10.1. The number of nitrogens with two attached hydrogens (primary N) is 1. The number of methoxy groups -OCH3 is 1. The van der Waals surface area contributed by atoms with Crippen LogP contribution in [0.25, 0.3) is 0 Å². The zero-order valence-electron chi connectivity index (χ0n) is 10.1. The van der Waals surface area contributed by atoms with Crippen LogP contribution in [-0.4, -0.2) is 30.8 Å². The van der Waals surface area contributed by atoms with Crippen molar-refractivity contribution in [3.63, 3.8) is 0 Å². The first-order valence-electron chi connectivity index (χ1n) is 5.46. The number of hydrogen-bond donors (Lipinski definition) is 3. The van der Waals surface area contributed by atoms with Gasteiger partial charge in [0.2, 0.25) is 0 Å². The third kappa shape index (κ3) is 3.64. The molecule has 94 valence electrons. The van der Waals surface area contributed by atoms with Gasteiger partial charge in [0.15, 0.2) is 0 Å². The van der Waals surface area contributed by atoms with Crippen molar-refractivity contribution in [2.75, 3.05) is 19.5 Å². The van der Waals surface area contributed by atoms with Crippen molar-refractivity contribution < 1.29 is 14.6 Å². The van der Waals surface area contributed by atoms with Gasteiger partial charge in [0.05, 0.1) is 18.2 Å². The number of phenols is 1. The highest BCUT2D eigenvalue weighted by molar-refractivity contribution is 5.99. The van der Waals surface area contributed by atoms with Gasteiger partial charge < -0.3 is 20.9 Å². The molecule has 5 heteroatoms. The van der Waals surface area contributed by atoms with Gasteiger partial charge in [0.1, 0.15) is 5.75 Å². The van der Waals surface area contributed by atoms with Gasteiger partial charge in [0, 0.05) is 12.8 Å². The minimum absolute atomic E-state index is 0.0177. The molecule has 1 atom stereocenters. The van der Waals surface area contributed by atoms with E-state index in [-0.39, 0.29) is 23.3 Å². The number of benzene rings is 1. The molecule has 5 nitrogen and oxygen atoms in total. The number of ether oxygens (including phenoxy) is 1. The van der Waals surface area contributed by atoms with E-state index in [4.69, 9.17) is 10.5 Å². The number of anilines is 1. The van der Waals surface area contributed by atoms with Crippen LogP contribution in [0.2, 0.25) is 0 Å². The minimum atomic E-state index is -0.303. The highest BCUT2D eigenvalue weighted by Crippen LogP contribution is 2.18. The Bertz CT molecular complexity index is 393. The van der Waals surface area contributed by atoms with Crippen LogP contribution in [0.3, 0.4) is 0 Å². The lowest BCUT2D eigenvalue weighted by molar-refractivity contribution is 0.0895. The summed E-state index contributed by atoms with van der Waals surface area (Å²) < 4.78 is 4.99. The minimum Gasteiger partial charge on any atom is -0.508 e. The number of carbonyl (C=O) groups is 1. The van der Waals surface area contributed by atoms with Crippen LogP contribution in [0.4, 0.5) is 5.69 Å². The second-order valence-electron chi connectivity index (χ2n) is 3.81. The van der Waals surface area contributed by atoms with Crippen molar-refractivity contribution in [2.45, 2.75) is 19.4 Å². The Labute approximate surface area is 101 Å². The summed E-state index contributed by atoms with van der Waals surface area (Å²) in [4.78, 5) is 11.9. The molecule has 17 heavy (non-hydrogen) atoms. The number of rotatable bonds is 5. The van der Waals surface area contributed by atoms with E-state index < -0.39 is 0 Å². The molecule has 0 aliphatic rings. The molecule has 0 aromatic heterocycles. The summed E-state index contributed by atoms with van der Waals surface area (Å²) in [6, 6.07) is 4.24. The summed E-state index contributed by atoms with van der Waals surface area (Å²) in [7, 11) is 1.58. The zero-order chi connectivity index (χ0) is 12.8. The SMILES string of the molecule is CCC(COC)NC(=O)c1cc(O)ccc1N. The summed E-state index contributed by atoms with van der Waals surface area (Å²) in [5.41, 5.74) is 6.30. The third-order valence-corrected chi connectivity index (χ3v) is 2.48. The lowest BCUT2D eigenvalue weighted by Gasteiger charge is -2.16. The second kappa shape index (κ2) is 6.10. The van der Waals surface area contributed by atoms with Gasteiger partial charge in [0.25, 0.3) is 5.91 Å². The summed E-state index contributed by atoms with van der Waals surface area (Å²) in [5.74, 6) is -0.286. The summed E-state index contributed by atoms with van der Waals surface area (Å²) in [5, 5.41) is 12.1. The van der Waals surface area contributed by atoms with Gasteiger partial charge in [-0.3, -0.25) is 4.79 Å². The third-order valence-electron chi connectivity index (χ3n) is 2.48. The van der Waals surface area contributed by atoms with Crippen molar-refractivity contribution in [1.82, 2.24) is 5.32 Å². The van der Waals surface area contributed by atoms with Crippen LogP contribution < -0.4 is 11.1 Å². The topological polar surface area (TPSA) is 84.6 Å². The summed E-state index contributed by atoms with van der Waals surface area (Å²) in [6.07, 6.45) is 0.762. The molecule has 0 aliphatic carbocycles. The van der Waals surface area contributed by atoms with E-state index in [1.165, 1.54) is 18.2 Å². The van der Waals surface area contributed by atoms with Crippen LogP contribution >= 0.6 is 0 Å². The fourth-order valence-electron chi connectivity index (χ4n) is 1.47. The molecule has 1 unspecified atom stereocenters. The molecule has 4 N–H and O–H groups in total. The molecule has 0 saturated heterocycles. The largest absolute Gasteiger partial charge is 0.508 e. The van der Waals surface area contributed by atoms with Crippen molar-refractivity contribution in [1.29, 1.82) is 0 Å². The van der Waals surface area contributed by atoms with E-state index in [0.717, 1.165) is 6.42 Å². The molecule has 0 bridgehead atoms. The first-order chi connectivity index (χ1) is 8.08. The Morgan fingerprint density at radius 1 is 1.59 bits per heavy atom.